The molecular formula is C22H26N6O. The first-order chi connectivity index (χ1) is 14.1. The van der Waals surface area contributed by atoms with Crippen LogP contribution in [0.25, 0.3) is 11.1 Å². The third-order valence-electron chi connectivity index (χ3n) is 5.37. The highest BCUT2D eigenvalue weighted by atomic mass is 16.2. The molecule has 7 nitrogen and oxygen atoms in total. The molecule has 1 aliphatic heterocycles. The standard InChI is InChI=1S/C22H26N6O/c1-15-11-21(26-19-5-8-24-9-6-19)20-12-17(3-4-22(20)28(15)16(2)29)18-13-25-27(14-18)10-7-23/h3-6,8-9,12-15,21H,7,10-11,23H2,1-2H3,(H,24,26). The smallest absolute Gasteiger partial charge is 0.224 e. The van der Waals surface area contributed by atoms with E-state index in [1.54, 1.807) is 19.3 Å². The minimum absolute atomic E-state index is 0.0598. The van der Waals surface area contributed by atoms with Crippen molar-refractivity contribution in [3.63, 3.8) is 0 Å². The normalized spacial score (nSPS) is 18.4. The molecule has 0 saturated carbocycles. The summed E-state index contributed by atoms with van der Waals surface area (Å²) in [5, 5.41) is 8.00. The fourth-order valence-corrected chi connectivity index (χ4v) is 4.08. The lowest BCUT2D eigenvalue weighted by atomic mass is 9.89. The summed E-state index contributed by atoms with van der Waals surface area (Å²) in [5.74, 6) is 0.0598. The van der Waals surface area contributed by atoms with Gasteiger partial charge in [0, 0.05) is 55.0 Å². The van der Waals surface area contributed by atoms with Crippen LogP contribution in [0, 0.1) is 0 Å². The molecule has 0 fully saturated rings. The zero-order chi connectivity index (χ0) is 20.4. The maximum Gasteiger partial charge on any atom is 0.224 e. The van der Waals surface area contributed by atoms with Crippen molar-refractivity contribution in [2.24, 2.45) is 5.73 Å². The molecule has 150 valence electrons. The van der Waals surface area contributed by atoms with Crippen LogP contribution in [0.15, 0.2) is 55.1 Å². The molecule has 1 aliphatic rings. The van der Waals surface area contributed by atoms with Crippen molar-refractivity contribution in [1.82, 2.24) is 14.8 Å². The van der Waals surface area contributed by atoms with Crippen molar-refractivity contribution in [3.8, 4) is 11.1 Å². The van der Waals surface area contributed by atoms with Crippen molar-refractivity contribution >= 4 is 17.3 Å². The summed E-state index contributed by atoms with van der Waals surface area (Å²) in [7, 11) is 0. The van der Waals surface area contributed by atoms with Crippen LogP contribution in [0.4, 0.5) is 11.4 Å². The number of aromatic nitrogens is 3. The quantitative estimate of drug-likeness (QED) is 0.698. The van der Waals surface area contributed by atoms with Gasteiger partial charge in [-0.25, -0.2) is 0 Å². The van der Waals surface area contributed by atoms with Crippen LogP contribution in [-0.4, -0.2) is 33.3 Å². The average Bonchev–Trinajstić information content (AvgIpc) is 3.17. The molecule has 1 aromatic carbocycles. The average molecular weight is 390 g/mol. The fraction of sp³-hybridized carbons (Fsp3) is 0.318. The van der Waals surface area contributed by atoms with Crippen molar-refractivity contribution in [2.45, 2.75) is 38.9 Å². The Balaban J connectivity index is 1.74. The highest BCUT2D eigenvalue weighted by molar-refractivity contribution is 5.94. The Labute approximate surface area is 170 Å². The van der Waals surface area contributed by atoms with E-state index in [1.165, 1.54) is 0 Å². The third-order valence-corrected chi connectivity index (χ3v) is 5.37. The second kappa shape index (κ2) is 8.05. The Hall–Kier alpha value is -3.19. The summed E-state index contributed by atoms with van der Waals surface area (Å²) in [4.78, 5) is 18.3. The molecule has 0 aliphatic carbocycles. The van der Waals surface area contributed by atoms with E-state index in [4.69, 9.17) is 5.73 Å². The molecule has 4 rings (SSSR count). The van der Waals surface area contributed by atoms with Crippen LogP contribution in [0.1, 0.15) is 31.9 Å². The predicted molar refractivity (Wildman–Crippen MR) is 115 cm³/mol. The Bertz CT molecular complexity index is 1000. The molecule has 29 heavy (non-hydrogen) atoms. The minimum atomic E-state index is 0.0598. The van der Waals surface area contributed by atoms with Crippen LogP contribution in [0.3, 0.4) is 0 Å². The fourth-order valence-electron chi connectivity index (χ4n) is 4.08. The maximum absolute atomic E-state index is 12.3. The maximum atomic E-state index is 12.3. The van der Waals surface area contributed by atoms with Crippen molar-refractivity contribution in [3.05, 3.63) is 60.7 Å². The Kier molecular flexibility index (Phi) is 5.31. The molecule has 0 bridgehead atoms. The van der Waals surface area contributed by atoms with Crippen LogP contribution in [-0.2, 0) is 11.3 Å². The van der Waals surface area contributed by atoms with Gasteiger partial charge < -0.3 is 16.0 Å². The Morgan fingerprint density at radius 1 is 1.24 bits per heavy atom. The molecule has 3 N–H and O–H groups in total. The predicted octanol–water partition coefficient (Wildman–Crippen LogP) is 3.20. The van der Waals surface area contributed by atoms with Crippen LogP contribution < -0.4 is 16.0 Å². The number of carbonyl (C=O) groups is 1. The number of rotatable bonds is 5. The van der Waals surface area contributed by atoms with Crippen molar-refractivity contribution in [2.75, 3.05) is 16.8 Å². The number of anilines is 2. The van der Waals surface area contributed by atoms with E-state index >= 15 is 0 Å². The second-order valence-electron chi connectivity index (χ2n) is 7.46. The lowest BCUT2D eigenvalue weighted by Crippen LogP contribution is -2.43. The summed E-state index contributed by atoms with van der Waals surface area (Å²) >= 11 is 0. The number of fused-ring (bicyclic) bond motifs is 1. The third kappa shape index (κ3) is 3.86. The first-order valence-corrected chi connectivity index (χ1v) is 9.90. The van der Waals surface area contributed by atoms with Gasteiger partial charge in [-0.2, -0.15) is 5.10 Å². The van der Waals surface area contributed by atoms with E-state index in [-0.39, 0.29) is 18.0 Å². The number of pyridine rings is 1. The van der Waals surface area contributed by atoms with Gasteiger partial charge in [0.15, 0.2) is 0 Å². The van der Waals surface area contributed by atoms with Crippen molar-refractivity contribution < 1.29 is 4.79 Å². The summed E-state index contributed by atoms with van der Waals surface area (Å²) < 4.78 is 1.85. The van der Waals surface area contributed by atoms with E-state index < -0.39 is 0 Å². The number of benzene rings is 1. The molecule has 2 atom stereocenters. The molecule has 3 heterocycles. The van der Waals surface area contributed by atoms with Gasteiger partial charge in [-0.3, -0.25) is 14.5 Å². The summed E-state index contributed by atoms with van der Waals surface area (Å²) in [6.07, 6.45) is 8.25. The van der Waals surface area contributed by atoms with Gasteiger partial charge in [-0.15, -0.1) is 0 Å². The lowest BCUT2D eigenvalue weighted by Gasteiger charge is -2.39. The van der Waals surface area contributed by atoms with Crippen LogP contribution in [0.2, 0.25) is 0 Å². The van der Waals surface area contributed by atoms with Gasteiger partial charge in [0.1, 0.15) is 0 Å². The largest absolute Gasteiger partial charge is 0.378 e. The summed E-state index contributed by atoms with van der Waals surface area (Å²) in [6.45, 7) is 4.96. The number of nitrogens with one attached hydrogen (secondary N) is 1. The zero-order valence-electron chi connectivity index (χ0n) is 16.7. The molecule has 7 heteroatoms. The van der Waals surface area contributed by atoms with Gasteiger partial charge in [0.25, 0.3) is 0 Å². The molecular weight excluding hydrogens is 364 g/mol. The Morgan fingerprint density at radius 2 is 2.03 bits per heavy atom. The number of carbonyl (C=O) groups excluding carboxylic acids is 1. The summed E-state index contributed by atoms with van der Waals surface area (Å²) in [6, 6.07) is 10.4. The molecule has 2 aromatic heterocycles. The Morgan fingerprint density at radius 3 is 2.76 bits per heavy atom. The minimum Gasteiger partial charge on any atom is -0.378 e. The van der Waals surface area contributed by atoms with Gasteiger partial charge in [-0.05, 0) is 48.7 Å². The highest BCUT2D eigenvalue weighted by Crippen LogP contribution is 2.41. The van der Waals surface area contributed by atoms with Crippen LogP contribution in [0.5, 0.6) is 0 Å². The van der Waals surface area contributed by atoms with E-state index in [9.17, 15) is 4.79 Å². The molecule has 0 radical (unpaired) electrons. The van der Waals surface area contributed by atoms with Gasteiger partial charge in [0.2, 0.25) is 5.91 Å². The molecule has 2 unspecified atom stereocenters. The van der Waals surface area contributed by atoms with E-state index in [1.807, 2.05) is 40.2 Å². The van der Waals surface area contributed by atoms with E-state index in [0.29, 0.717) is 13.1 Å². The first-order valence-electron chi connectivity index (χ1n) is 9.90. The topological polar surface area (TPSA) is 89.1 Å². The van der Waals surface area contributed by atoms with Crippen LogP contribution >= 0.6 is 0 Å². The monoisotopic (exact) mass is 390 g/mol. The second-order valence-corrected chi connectivity index (χ2v) is 7.46. The van der Waals surface area contributed by atoms with E-state index in [2.05, 4.69) is 34.5 Å². The number of nitrogens with two attached hydrogens (primary N) is 1. The number of amides is 1. The number of nitrogens with zero attached hydrogens (tertiary/aromatic N) is 4. The van der Waals surface area contributed by atoms with Gasteiger partial charge in [0.05, 0.1) is 18.8 Å². The highest BCUT2D eigenvalue weighted by Gasteiger charge is 2.32. The van der Waals surface area contributed by atoms with Gasteiger partial charge >= 0.3 is 0 Å². The first kappa shape index (κ1) is 19.1. The SMILES string of the molecule is CC(=O)N1c2ccc(-c3cnn(CCN)c3)cc2C(Nc2ccncc2)CC1C. The number of hydrogen-bond acceptors (Lipinski definition) is 5. The zero-order valence-corrected chi connectivity index (χ0v) is 16.7. The lowest BCUT2D eigenvalue weighted by molar-refractivity contribution is -0.117. The summed E-state index contributed by atoms with van der Waals surface area (Å²) in [5.41, 5.74) is 10.8. The van der Waals surface area contributed by atoms with Gasteiger partial charge in [-0.1, -0.05) is 6.07 Å². The molecule has 0 saturated heterocycles. The molecule has 0 spiro atoms. The van der Waals surface area contributed by atoms with E-state index in [0.717, 1.165) is 34.5 Å². The number of hydrogen-bond donors (Lipinski definition) is 2. The molecule has 1 amide bonds. The van der Waals surface area contributed by atoms with Crippen molar-refractivity contribution in [1.29, 1.82) is 0 Å². The molecule has 3 aromatic rings.